The van der Waals surface area contributed by atoms with E-state index in [1.54, 1.807) is 16.0 Å². The molecular weight excluding hydrogens is 258 g/mol. The van der Waals surface area contributed by atoms with E-state index in [4.69, 9.17) is 0 Å². The van der Waals surface area contributed by atoms with Crippen LogP contribution < -0.4 is 10.9 Å². The first kappa shape index (κ1) is 14.0. The molecule has 0 saturated heterocycles. The lowest BCUT2D eigenvalue weighted by atomic mass is 10.2. The van der Waals surface area contributed by atoms with E-state index >= 15 is 0 Å². The first-order valence-corrected chi connectivity index (χ1v) is 7.43. The molecule has 0 aromatic carbocycles. The smallest absolute Gasteiger partial charge is 0.271 e. The van der Waals surface area contributed by atoms with Gasteiger partial charge in [-0.3, -0.25) is 4.79 Å². The molecule has 2 aromatic heterocycles. The fourth-order valence-corrected chi connectivity index (χ4v) is 2.60. The number of hydrogen-bond donors (Lipinski definition) is 1. The summed E-state index contributed by atoms with van der Waals surface area (Å²) in [6.45, 7) is 3.37. The normalized spacial score (nSPS) is 10.8. The average molecular weight is 277 g/mol. The van der Waals surface area contributed by atoms with Gasteiger partial charge < -0.3 is 5.32 Å². The summed E-state index contributed by atoms with van der Waals surface area (Å²) in [6, 6.07) is 5.93. The van der Waals surface area contributed by atoms with Crippen LogP contribution in [0, 0.1) is 0 Å². The SMILES string of the molecule is CCCCn1nc(-c2cccs2)cc(CNC)c1=O. The predicted octanol–water partition coefficient (Wildman–Crippen LogP) is 2.49. The van der Waals surface area contributed by atoms with E-state index in [1.807, 2.05) is 30.6 Å². The van der Waals surface area contributed by atoms with Crippen LogP contribution in [0.15, 0.2) is 28.4 Å². The summed E-state index contributed by atoms with van der Waals surface area (Å²) in [5.41, 5.74) is 1.68. The van der Waals surface area contributed by atoms with Crippen LogP contribution >= 0.6 is 11.3 Å². The molecular formula is C14H19N3OS. The summed E-state index contributed by atoms with van der Waals surface area (Å²) in [4.78, 5) is 13.4. The maximum Gasteiger partial charge on any atom is 0.271 e. The summed E-state index contributed by atoms with van der Waals surface area (Å²) in [7, 11) is 1.85. The Morgan fingerprint density at radius 2 is 2.32 bits per heavy atom. The monoisotopic (exact) mass is 277 g/mol. The minimum absolute atomic E-state index is 0.0168. The van der Waals surface area contributed by atoms with Crippen molar-refractivity contribution in [2.45, 2.75) is 32.9 Å². The lowest BCUT2D eigenvalue weighted by Crippen LogP contribution is -2.28. The van der Waals surface area contributed by atoms with E-state index in [2.05, 4.69) is 17.3 Å². The van der Waals surface area contributed by atoms with Gasteiger partial charge in [-0.15, -0.1) is 11.3 Å². The highest BCUT2D eigenvalue weighted by atomic mass is 32.1. The largest absolute Gasteiger partial charge is 0.315 e. The molecule has 4 nitrogen and oxygen atoms in total. The zero-order valence-corrected chi connectivity index (χ0v) is 12.2. The van der Waals surface area contributed by atoms with Crippen molar-refractivity contribution >= 4 is 11.3 Å². The van der Waals surface area contributed by atoms with Crippen molar-refractivity contribution in [1.82, 2.24) is 15.1 Å². The number of thiophene rings is 1. The van der Waals surface area contributed by atoms with Gasteiger partial charge in [0.2, 0.25) is 0 Å². The molecule has 0 spiro atoms. The van der Waals surface area contributed by atoms with Gasteiger partial charge in [-0.1, -0.05) is 19.4 Å². The standard InChI is InChI=1S/C14H19N3OS/c1-3-4-7-17-14(18)11(10-15-2)9-12(16-17)13-6-5-8-19-13/h5-6,8-9,15H,3-4,7,10H2,1-2H3. The molecule has 2 rings (SSSR count). The number of rotatable bonds is 6. The van der Waals surface area contributed by atoms with E-state index in [0.717, 1.165) is 29.0 Å². The van der Waals surface area contributed by atoms with Crippen LogP contribution in [-0.2, 0) is 13.1 Å². The molecule has 0 amide bonds. The zero-order chi connectivity index (χ0) is 13.7. The average Bonchev–Trinajstić information content (AvgIpc) is 2.94. The van der Waals surface area contributed by atoms with Crippen LogP contribution in [0.5, 0.6) is 0 Å². The van der Waals surface area contributed by atoms with Gasteiger partial charge in [-0.25, -0.2) is 4.68 Å². The molecule has 102 valence electrons. The number of unbranched alkanes of at least 4 members (excludes halogenated alkanes) is 1. The van der Waals surface area contributed by atoms with Gasteiger partial charge in [0.1, 0.15) is 5.69 Å². The Balaban J connectivity index is 2.44. The lowest BCUT2D eigenvalue weighted by molar-refractivity contribution is 0.538. The van der Waals surface area contributed by atoms with Gasteiger partial charge in [-0.2, -0.15) is 5.10 Å². The lowest BCUT2D eigenvalue weighted by Gasteiger charge is -2.09. The number of hydrogen-bond acceptors (Lipinski definition) is 4. The molecule has 0 radical (unpaired) electrons. The number of aryl methyl sites for hydroxylation is 1. The Kier molecular flexibility index (Phi) is 4.87. The topological polar surface area (TPSA) is 46.9 Å². The number of nitrogens with zero attached hydrogens (tertiary/aromatic N) is 2. The van der Waals surface area contributed by atoms with Gasteiger partial charge in [0.15, 0.2) is 0 Å². The third-order valence-electron chi connectivity index (χ3n) is 2.91. The summed E-state index contributed by atoms with van der Waals surface area (Å²) < 4.78 is 1.60. The van der Waals surface area contributed by atoms with Gasteiger partial charge in [0.05, 0.1) is 4.88 Å². The van der Waals surface area contributed by atoms with E-state index in [0.29, 0.717) is 13.1 Å². The molecule has 0 bridgehead atoms. The third-order valence-corrected chi connectivity index (χ3v) is 3.81. The van der Waals surface area contributed by atoms with Gasteiger partial charge in [-0.05, 0) is 31.0 Å². The second-order valence-electron chi connectivity index (χ2n) is 4.44. The molecule has 1 N–H and O–H groups in total. The van der Waals surface area contributed by atoms with Crippen LogP contribution in [-0.4, -0.2) is 16.8 Å². The molecule has 0 fully saturated rings. The quantitative estimate of drug-likeness (QED) is 0.882. The van der Waals surface area contributed by atoms with Crippen molar-refractivity contribution in [3.8, 4) is 10.6 Å². The molecule has 2 aromatic rings. The van der Waals surface area contributed by atoms with E-state index in [1.165, 1.54) is 0 Å². The zero-order valence-electron chi connectivity index (χ0n) is 11.3. The molecule has 0 saturated carbocycles. The summed E-state index contributed by atoms with van der Waals surface area (Å²) in [6.07, 6.45) is 2.03. The summed E-state index contributed by atoms with van der Waals surface area (Å²) in [5, 5.41) is 9.55. The van der Waals surface area contributed by atoms with Crippen LogP contribution in [0.1, 0.15) is 25.3 Å². The van der Waals surface area contributed by atoms with Crippen molar-refractivity contribution in [3.63, 3.8) is 0 Å². The Morgan fingerprint density at radius 1 is 1.47 bits per heavy atom. The predicted molar refractivity (Wildman–Crippen MR) is 79.5 cm³/mol. The maximum atomic E-state index is 12.3. The van der Waals surface area contributed by atoms with Gasteiger partial charge in [0.25, 0.3) is 5.56 Å². The molecule has 0 atom stereocenters. The number of aromatic nitrogens is 2. The highest BCUT2D eigenvalue weighted by Crippen LogP contribution is 2.22. The molecule has 19 heavy (non-hydrogen) atoms. The third kappa shape index (κ3) is 3.30. The van der Waals surface area contributed by atoms with Crippen LogP contribution in [0.2, 0.25) is 0 Å². The van der Waals surface area contributed by atoms with Crippen LogP contribution in [0.3, 0.4) is 0 Å². The highest BCUT2D eigenvalue weighted by Gasteiger charge is 2.09. The summed E-state index contributed by atoms with van der Waals surface area (Å²) in [5.74, 6) is 0. The Labute approximate surface area is 117 Å². The van der Waals surface area contributed by atoms with Gasteiger partial charge >= 0.3 is 0 Å². The van der Waals surface area contributed by atoms with Crippen molar-refractivity contribution in [1.29, 1.82) is 0 Å². The van der Waals surface area contributed by atoms with Crippen molar-refractivity contribution in [2.75, 3.05) is 7.05 Å². The molecule has 0 aliphatic carbocycles. The van der Waals surface area contributed by atoms with E-state index < -0.39 is 0 Å². The van der Waals surface area contributed by atoms with Crippen molar-refractivity contribution in [3.05, 3.63) is 39.5 Å². The Bertz CT molecular complexity index is 575. The second kappa shape index (κ2) is 6.63. The Morgan fingerprint density at radius 3 is 2.95 bits per heavy atom. The molecule has 5 heteroatoms. The van der Waals surface area contributed by atoms with Crippen LogP contribution in [0.25, 0.3) is 10.6 Å². The minimum Gasteiger partial charge on any atom is -0.315 e. The first-order valence-electron chi connectivity index (χ1n) is 6.55. The minimum atomic E-state index is 0.0168. The molecule has 0 aliphatic rings. The van der Waals surface area contributed by atoms with E-state index in [-0.39, 0.29) is 5.56 Å². The fourth-order valence-electron chi connectivity index (χ4n) is 1.92. The van der Waals surface area contributed by atoms with Crippen LogP contribution in [0.4, 0.5) is 0 Å². The number of nitrogens with one attached hydrogen (secondary N) is 1. The van der Waals surface area contributed by atoms with Crippen molar-refractivity contribution < 1.29 is 0 Å². The highest BCUT2D eigenvalue weighted by molar-refractivity contribution is 7.13. The molecule has 2 heterocycles. The molecule has 0 aliphatic heterocycles. The maximum absolute atomic E-state index is 12.3. The van der Waals surface area contributed by atoms with Crippen molar-refractivity contribution in [2.24, 2.45) is 0 Å². The second-order valence-corrected chi connectivity index (χ2v) is 5.39. The fraction of sp³-hybridized carbons (Fsp3) is 0.429. The molecule has 0 unspecified atom stereocenters. The van der Waals surface area contributed by atoms with Gasteiger partial charge in [0, 0.05) is 18.7 Å². The van der Waals surface area contributed by atoms with E-state index in [9.17, 15) is 4.79 Å². The first-order chi connectivity index (χ1) is 9.26. The summed E-state index contributed by atoms with van der Waals surface area (Å²) >= 11 is 1.64. The Hall–Kier alpha value is -1.46.